The number of nitrogens with zero attached hydrogens (tertiary/aromatic N) is 3. The molecule has 1 aromatic rings. The van der Waals surface area contributed by atoms with E-state index in [1.807, 2.05) is 22.8 Å². The lowest BCUT2D eigenvalue weighted by molar-refractivity contribution is 0.157. The number of hydrogen-bond acceptors (Lipinski definition) is 2. The first-order chi connectivity index (χ1) is 11.2. The van der Waals surface area contributed by atoms with Gasteiger partial charge in [-0.05, 0) is 61.8 Å². The standard InChI is InChI=1S/C18H28N4O/c1-21-12-16(11-19-21)13-7-9-22(10-8-13)18(23)20-17(15-5-6-15)14-3-2-4-14/h11-15,17H,2-10H2,1H3,(H,20,23). The number of rotatable bonds is 4. The Balaban J connectivity index is 1.30. The molecule has 0 radical (unpaired) electrons. The average Bonchev–Trinajstić information content (AvgIpc) is 3.26. The molecule has 1 atom stereocenters. The van der Waals surface area contributed by atoms with Crippen LogP contribution in [0.25, 0.3) is 0 Å². The van der Waals surface area contributed by atoms with Gasteiger partial charge in [0, 0.05) is 32.4 Å². The topological polar surface area (TPSA) is 50.2 Å². The van der Waals surface area contributed by atoms with Gasteiger partial charge in [-0.3, -0.25) is 4.68 Å². The quantitative estimate of drug-likeness (QED) is 0.928. The molecule has 0 bridgehead atoms. The number of carbonyl (C=O) groups excluding carboxylic acids is 1. The second kappa shape index (κ2) is 6.17. The van der Waals surface area contributed by atoms with Crippen molar-refractivity contribution >= 4 is 6.03 Å². The molecule has 2 saturated carbocycles. The average molecular weight is 316 g/mol. The van der Waals surface area contributed by atoms with Gasteiger partial charge in [0.1, 0.15) is 0 Å². The maximum atomic E-state index is 12.6. The van der Waals surface area contributed by atoms with E-state index in [0.717, 1.165) is 37.8 Å². The van der Waals surface area contributed by atoms with Crippen molar-refractivity contribution in [3.63, 3.8) is 0 Å². The lowest BCUT2D eigenvalue weighted by atomic mass is 9.78. The first-order valence-corrected chi connectivity index (χ1v) is 9.24. The Labute approximate surface area is 138 Å². The predicted octanol–water partition coefficient (Wildman–Crippen LogP) is 2.89. The van der Waals surface area contributed by atoms with Crippen LogP contribution in [0.15, 0.2) is 12.4 Å². The van der Waals surface area contributed by atoms with Gasteiger partial charge in [0.15, 0.2) is 0 Å². The van der Waals surface area contributed by atoms with Crippen molar-refractivity contribution in [2.75, 3.05) is 13.1 Å². The molecule has 1 N–H and O–H groups in total. The summed E-state index contributed by atoms with van der Waals surface area (Å²) in [6.07, 6.45) is 12.8. The van der Waals surface area contributed by atoms with Crippen LogP contribution >= 0.6 is 0 Å². The Bertz CT molecular complexity index is 553. The summed E-state index contributed by atoms with van der Waals surface area (Å²) in [6.45, 7) is 1.74. The molecule has 5 nitrogen and oxygen atoms in total. The summed E-state index contributed by atoms with van der Waals surface area (Å²) >= 11 is 0. The van der Waals surface area contributed by atoms with Crippen LogP contribution in [0.1, 0.15) is 56.4 Å². The second-order valence-corrected chi connectivity index (χ2v) is 7.71. The molecule has 3 fully saturated rings. The van der Waals surface area contributed by atoms with Gasteiger partial charge in [-0.25, -0.2) is 4.79 Å². The van der Waals surface area contributed by atoms with Gasteiger partial charge >= 0.3 is 6.03 Å². The van der Waals surface area contributed by atoms with E-state index in [-0.39, 0.29) is 6.03 Å². The summed E-state index contributed by atoms with van der Waals surface area (Å²) in [6, 6.07) is 0.630. The number of aryl methyl sites for hydroxylation is 1. The largest absolute Gasteiger partial charge is 0.335 e. The van der Waals surface area contributed by atoms with Crippen LogP contribution < -0.4 is 5.32 Å². The number of carbonyl (C=O) groups is 1. The highest BCUT2D eigenvalue weighted by molar-refractivity contribution is 5.74. The van der Waals surface area contributed by atoms with Gasteiger partial charge in [0.2, 0.25) is 0 Å². The van der Waals surface area contributed by atoms with Gasteiger partial charge in [-0.15, -0.1) is 0 Å². The molecule has 4 rings (SSSR count). The molecular formula is C18H28N4O. The maximum absolute atomic E-state index is 12.6. The highest BCUT2D eigenvalue weighted by Gasteiger charge is 2.40. The number of likely N-dealkylation sites (tertiary alicyclic amines) is 1. The molecule has 1 unspecified atom stereocenters. The zero-order chi connectivity index (χ0) is 15.8. The summed E-state index contributed by atoms with van der Waals surface area (Å²) in [5.41, 5.74) is 1.32. The predicted molar refractivity (Wildman–Crippen MR) is 89.1 cm³/mol. The van der Waals surface area contributed by atoms with E-state index >= 15 is 0 Å². The number of aromatic nitrogens is 2. The SMILES string of the molecule is Cn1cc(C2CCN(C(=O)NC(C3CCC3)C3CC3)CC2)cn1. The van der Waals surface area contributed by atoms with E-state index in [4.69, 9.17) is 0 Å². The molecule has 3 aliphatic rings. The van der Waals surface area contributed by atoms with Crippen molar-refractivity contribution in [2.45, 2.75) is 56.9 Å². The first kappa shape index (κ1) is 15.0. The van der Waals surface area contributed by atoms with E-state index in [0.29, 0.717) is 12.0 Å². The second-order valence-electron chi connectivity index (χ2n) is 7.71. The van der Waals surface area contributed by atoms with Gasteiger partial charge < -0.3 is 10.2 Å². The first-order valence-electron chi connectivity index (χ1n) is 9.24. The Morgan fingerprint density at radius 3 is 2.39 bits per heavy atom. The van der Waals surface area contributed by atoms with Crippen LogP contribution in [0.2, 0.25) is 0 Å². The van der Waals surface area contributed by atoms with Crippen molar-refractivity contribution in [1.29, 1.82) is 0 Å². The Hall–Kier alpha value is -1.52. The fraction of sp³-hybridized carbons (Fsp3) is 0.778. The highest BCUT2D eigenvalue weighted by Crippen LogP contribution is 2.42. The van der Waals surface area contributed by atoms with E-state index in [9.17, 15) is 4.79 Å². The van der Waals surface area contributed by atoms with E-state index in [1.54, 1.807) is 0 Å². The monoisotopic (exact) mass is 316 g/mol. The van der Waals surface area contributed by atoms with Crippen LogP contribution in [0.5, 0.6) is 0 Å². The minimum absolute atomic E-state index is 0.179. The van der Waals surface area contributed by atoms with Gasteiger partial charge in [0.25, 0.3) is 0 Å². The summed E-state index contributed by atoms with van der Waals surface area (Å²) in [5.74, 6) is 2.06. The maximum Gasteiger partial charge on any atom is 0.317 e. The molecule has 0 spiro atoms. The lowest BCUT2D eigenvalue weighted by Crippen LogP contribution is -2.51. The van der Waals surface area contributed by atoms with Crippen molar-refractivity contribution in [3.8, 4) is 0 Å². The molecule has 2 amide bonds. The number of hydrogen-bond donors (Lipinski definition) is 1. The van der Waals surface area contributed by atoms with Crippen molar-refractivity contribution in [2.24, 2.45) is 18.9 Å². The zero-order valence-corrected chi connectivity index (χ0v) is 14.1. The summed E-state index contributed by atoms with van der Waals surface area (Å²) in [7, 11) is 1.96. The van der Waals surface area contributed by atoms with Crippen LogP contribution in [-0.2, 0) is 7.05 Å². The van der Waals surface area contributed by atoms with E-state index < -0.39 is 0 Å². The smallest absolute Gasteiger partial charge is 0.317 e. The third-order valence-corrected chi connectivity index (χ3v) is 6.06. The van der Waals surface area contributed by atoms with Crippen molar-refractivity contribution in [3.05, 3.63) is 18.0 Å². The van der Waals surface area contributed by atoms with Crippen molar-refractivity contribution in [1.82, 2.24) is 20.0 Å². The van der Waals surface area contributed by atoms with Crippen LogP contribution in [0.4, 0.5) is 4.79 Å². The van der Waals surface area contributed by atoms with Gasteiger partial charge in [0.05, 0.1) is 6.20 Å². The van der Waals surface area contributed by atoms with Gasteiger partial charge in [-0.2, -0.15) is 5.10 Å². The normalized spacial score (nSPS) is 24.3. The molecule has 0 aromatic carbocycles. The zero-order valence-electron chi connectivity index (χ0n) is 14.1. The summed E-state index contributed by atoms with van der Waals surface area (Å²) < 4.78 is 1.87. The molecule has 2 aliphatic carbocycles. The minimum atomic E-state index is 0.179. The molecule has 126 valence electrons. The van der Waals surface area contributed by atoms with Crippen LogP contribution in [0.3, 0.4) is 0 Å². The number of amides is 2. The Morgan fingerprint density at radius 2 is 1.87 bits per heavy atom. The Morgan fingerprint density at radius 1 is 1.17 bits per heavy atom. The third-order valence-electron chi connectivity index (χ3n) is 6.06. The molecule has 23 heavy (non-hydrogen) atoms. The van der Waals surface area contributed by atoms with E-state index in [1.165, 1.54) is 37.7 Å². The summed E-state index contributed by atoms with van der Waals surface area (Å²) in [5, 5.41) is 7.65. The lowest BCUT2D eigenvalue weighted by Gasteiger charge is -2.37. The van der Waals surface area contributed by atoms with Crippen LogP contribution in [0, 0.1) is 11.8 Å². The third kappa shape index (κ3) is 3.24. The van der Waals surface area contributed by atoms with Crippen LogP contribution in [-0.4, -0.2) is 39.8 Å². The van der Waals surface area contributed by atoms with Crippen molar-refractivity contribution < 1.29 is 4.79 Å². The Kier molecular flexibility index (Phi) is 4.04. The van der Waals surface area contributed by atoms with E-state index in [2.05, 4.69) is 16.6 Å². The summed E-state index contributed by atoms with van der Waals surface area (Å²) in [4.78, 5) is 14.7. The minimum Gasteiger partial charge on any atom is -0.335 e. The highest BCUT2D eigenvalue weighted by atomic mass is 16.2. The number of urea groups is 1. The number of piperidine rings is 1. The molecular weight excluding hydrogens is 288 g/mol. The number of nitrogens with one attached hydrogen (secondary N) is 1. The molecule has 1 aromatic heterocycles. The fourth-order valence-electron chi connectivity index (χ4n) is 4.18. The molecule has 2 heterocycles. The fourth-order valence-corrected chi connectivity index (χ4v) is 4.18. The molecule has 1 saturated heterocycles. The van der Waals surface area contributed by atoms with Gasteiger partial charge in [-0.1, -0.05) is 6.42 Å². The molecule has 5 heteroatoms. The molecule has 1 aliphatic heterocycles.